The minimum absolute atomic E-state index is 0.0555. The molecule has 18 heavy (non-hydrogen) atoms. The Morgan fingerprint density at radius 2 is 2.22 bits per heavy atom. The van der Waals surface area contributed by atoms with E-state index in [1.54, 1.807) is 19.1 Å². The molecule has 2 N–H and O–H groups in total. The number of hydrogen-bond donors (Lipinski definition) is 2. The van der Waals surface area contributed by atoms with Crippen LogP contribution in [0.2, 0.25) is 0 Å². The summed E-state index contributed by atoms with van der Waals surface area (Å²) < 4.78 is 0. The second-order valence-corrected chi connectivity index (χ2v) is 3.92. The van der Waals surface area contributed by atoms with Gasteiger partial charge in [0.05, 0.1) is 11.0 Å². The van der Waals surface area contributed by atoms with Gasteiger partial charge in [-0.1, -0.05) is 12.1 Å². The van der Waals surface area contributed by atoms with E-state index in [9.17, 15) is 14.9 Å². The molecule has 0 radical (unpaired) electrons. The van der Waals surface area contributed by atoms with Gasteiger partial charge in [-0.15, -0.1) is 0 Å². The van der Waals surface area contributed by atoms with E-state index in [4.69, 9.17) is 0 Å². The molecular weight excluding hydrogens is 234 g/mol. The summed E-state index contributed by atoms with van der Waals surface area (Å²) in [4.78, 5) is 21.6. The zero-order valence-corrected chi connectivity index (χ0v) is 10.5. The monoisotopic (exact) mass is 251 g/mol. The third kappa shape index (κ3) is 4.14. The summed E-state index contributed by atoms with van der Waals surface area (Å²) >= 11 is 0. The lowest BCUT2D eigenvalue weighted by Crippen LogP contribution is -2.41. The number of carbonyl (C=O) groups excluding carboxylic acids is 1. The van der Waals surface area contributed by atoms with Crippen LogP contribution in [-0.2, 0) is 11.3 Å². The second-order valence-electron chi connectivity index (χ2n) is 3.92. The molecule has 98 valence electrons. The van der Waals surface area contributed by atoms with E-state index in [1.807, 2.05) is 6.92 Å². The molecule has 1 amide bonds. The summed E-state index contributed by atoms with van der Waals surface area (Å²) in [5, 5.41) is 16.3. The van der Waals surface area contributed by atoms with Crippen LogP contribution in [-0.4, -0.2) is 23.4 Å². The van der Waals surface area contributed by atoms with Crippen molar-refractivity contribution in [3.05, 3.63) is 39.9 Å². The smallest absolute Gasteiger partial charge is 0.269 e. The molecule has 0 aliphatic carbocycles. The minimum atomic E-state index is -0.434. The first-order valence-corrected chi connectivity index (χ1v) is 5.79. The van der Waals surface area contributed by atoms with E-state index in [2.05, 4.69) is 10.6 Å². The maximum absolute atomic E-state index is 11.5. The van der Waals surface area contributed by atoms with Crippen LogP contribution in [0, 0.1) is 10.1 Å². The lowest BCUT2D eigenvalue weighted by molar-refractivity contribution is -0.384. The molecule has 0 bridgehead atoms. The number of nitrogens with zero attached hydrogens (tertiary/aromatic N) is 1. The van der Waals surface area contributed by atoms with E-state index in [0.717, 1.165) is 5.56 Å². The van der Waals surface area contributed by atoms with Crippen LogP contribution in [0.25, 0.3) is 0 Å². The summed E-state index contributed by atoms with van der Waals surface area (Å²) in [6.07, 6.45) is 0. The van der Waals surface area contributed by atoms with E-state index >= 15 is 0 Å². The van der Waals surface area contributed by atoms with Crippen molar-refractivity contribution in [3.8, 4) is 0 Å². The number of nitrogens with one attached hydrogen (secondary N) is 2. The lowest BCUT2D eigenvalue weighted by Gasteiger charge is -2.13. The molecule has 0 aromatic heterocycles. The fourth-order valence-corrected chi connectivity index (χ4v) is 1.47. The fourth-order valence-electron chi connectivity index (χ4n) is 1.47. The molecule has 6 heteroatoms. The van der Waals surface area contributed by atoms with Crippen molar-refractivity contribution in [2.24, 2.45) is 0 Å². The van der Waals surface area contributed by atoms with Gasteiger partial charge in [0.25, 0.3) is 5.69 Å². The number of benzene rings is 1. The highest BCUT2D eigenvalue weighted by molar-refractivity contribution is 5.81. The zero-order valence-electron chi connectivity index (χ0n) is 10.5. The van der Waals surface area contributed by atoms with Gasteiger partial charge in [-0.25, -0.2) is 0 Å². The first kappa shape index (κ1) is 14.1. The van der Waals surface area contributed by atoms with Gasteiger partial charge in [0.15, 0.2) is 0 Å². The Hall–Kier alpha value is -1.95. The quantitative estimate of drug-likeness (QED) is 0.588. The van der Waals surface area contributed by atoms with Crippen LogP contribution in [0.3, 0.4) is 0 Å². The Morgan fingerprint density at radius 1 is 1.50 bits per heavy atom. The molecule has 1 unspecified atom stereocenters. The van der Waals surface area contributed by atoms with Crippen LogP contribution in [0.1, 0.15) is 19.4 Å². The van der Waals surface area contributed by atoms with Crippen molar-refractivity contribution < 1.29 is 9.72 Å². The number of likely N-dealkylation sites (N-methyl/N-ethyl adjacent to an activating group) is 1. The number of rotatable bonds is 6. The molecule has 0 saturated heterocycles. The molecule has 1 rings (SSSR count). The molecule has 0 fully saturated rings. The Bertz CT molecular complexity index is 434. The van der Waals surface area contributed by atoms with Crippen molar-refractivity contribution in [2.45, 2.75) is 26.4 Å². The first-order valence-electron chi connectivity index (χ1n) is 5.79. The van der Waals surface area contributed by atoms with Crippen molar-refractivity contribution >= 4 is 11.6 Å². The van der Waals surface area contributed by atoms with Crippen LogP contribution < -0.4 is 10.6 Å². The maximum Gasteiger partial charge on any atom is 0.269 e. The Kier molecular flexibility index (Phi) is 5.26. The third-order valence-corrected chi connectivity index (χ3v) is 2.48. The summed E-state index contributed by atoms with van der Waals surface area (Å²) in [5.41, 5.74) is 0.834. The van der Waals surface area contributed by atoms with Crippen LogP contribution in [0.5, 0.6) is 0 Å². The van der Waals surface area contributed by atoms with E-state index in [1.165, 1.54) is 12.1 Å². The standard InChI is InChI=1S/C12H17N3O3/c1-3-13-12(16)9(2)14-8-10-5-4-6-11(7-10)15(17)18/h4-7,9,14H,3,8H2,1-2H3,(H,13,16). The number of hydrogen-bond acceptors (Lipinski definition) is 4. The predicted octanol–water partition coefficient (Wildman–Crippen LogP) is 1.21. The molecule has 0 aliphatic rings. The number of nitro benzene ring substituents is 1. The normalized spacial score (nSPS) is 11.9. The van der Waals surface area contributed by atoms with Gasteiger partial charge in [0.2, 0.25) is 5.91 Å². The second kappa shape index (κ2) is 6.70. The largest absolute Gasteiger partial charge is 0.355 e. The molecule has 0 spiro atoms. The Labute approximate surface area is 106 Å². The Balaban J connectivity index is 2.55. The van der Waals surface area contributed by atoms with Gasteiger partial charge in [-0.3, -0.25) is 14.9 Å². The van der Waals surface area contributed by atoms with Gasteiger partial charge in [-0.05, 0) is 19.4 Å². The third-order valence-electron chi connectivity index (χ3n) is 2.48. The van der Waals surface area contributed by atoms with Crippen LogP contribution >= 0.6 is 0 Å². The minimum Gasteiger partial charge on any atom is -0.355 e. The van der Waals surface area contributed by atoms with Crippen LogP contribution in [0.15, 0.2) is 24.3 Å². The number of amides is 1. The first-order chi connectivity index (χ1) is 8.54. The molecular formula is C12H17N3O3. The van der Waals surface area contributed by atoms with Crippen molar-refractivity contribution in [1.82, 2.24) is 10.6 Å². The number of non-ortho nitro benzene ring substituents is 1. The zero-order chi connectivity index (χ0) is 13.5. The van der Waals surface area contributed by atoms with Gasteiger partial charge in [0, 0.05) is 25.2 Å². The van der Waals surface area contributed by atoms with E-state index < -0.39 is 4.92 Å². The topological polar surface area (TPSA) is 84.3 Å². The fraction of sp³-hybridized carbons (Fsp3) is 0.417. The van der Waals surface area contributed by atoms with Gasteiger partial charge in [-0.2, -0.15) is 0 Å². The highest BCUT2D eigenvalue weighted by atomic mass is 16.6. The highest BCUT2D eigenvalue weighted by Gasteiger charge is 2.11. The molecule has 0 heterocycles. The summed E-state index contributed by atoms with van der Waals surface area (Å²) in [5.74, 6) is -0.0806. The van der Waals surface area contributed by atoms with Crippen LogP contribution in [0.4, 0.5) is 5.69 Å². The lowest BCUT2D eigenvalue weighted by atomic mass is 10.2. The number of carbonyl (C=O) groups is 1. The summed E-state index contributed by atoms with van der Waals surface area (Å²) in [6.45, 7) is 4.61. The number of nitro groups is 1. The summed E-state index contributed by atoms with van der Waals surface area (Å²) in [7, 11) is 0. The van der Waals surface area contributed by atoms with Crippen molar-refractivity contribution in [1.29, 1.82) is 0 Å². The SMILES string of the molecule is CCNC(=O)C(C)NCc1cccc([N+](=O)[O-])c1. The highest BCUT2D eigenvalue weighted by Crippen LogP contribution is 2.12. The Morgan fingerprint density at radius 3 is 2.83 bits per heavy atom. The molecule has 0 aliphatic heterocycles. The predicted molar refractivity (Wildman–Crippen MR) is 68.1 cm³/mol. The molecule has 0 saturated carbocycles. The molecule has 1 atom stereocenters. The maximum atomic E-state index is 11.5. The average molecular weight is 251 g/mol. The molecule has 1 aromatic rings. The van der Waals surface area contributed by atoms with E-state index in [0.29, 0.717) is 13.1 Å². The van der Waals surface area contributed by atoms with E-state index in [-0.39, 0.29) is 17.6 Å². The molecule has 1 aromatic carbocycles. The molecule has 6 nitrogen and oxygen atoms in total. The van der Waals surface area contributed by atoms with Gasteiger partial charge < -0.3 is 10.6 Å². The average Bonchev–Trinajstić information content (AvgIpc) is 2.36. The van der Waals surface area contributed by atoms with Crippen molar-refractivity contribution in [3.63, 3.8) is 0 Å². The van der Waals surface area contributed by atoms with Gasteiger partial charge in [0.1, 0.15) is 0 Å². The van der Waals surface area contributed by atoms with Gasteiger partial charge >= 0.3 is 0 Å². The summed E-state index contributed by atoms with van der Waals surface area (Å²) in [6, 6.07) is 6.02. The van der Waals surface area contributed by atoms with Crippen molar-refractivity contribution in [2.75, 3.05) is 6.54 Å².